The standard InChI is InChI=1S/C11H12ClFN2S/c1-16-5-4-15-10-6-8(13)2-3-9(10)14-11(15)7-12/h2-3,6H,4-5,7H2,1H3. The Morgan fingerprint density at radius 1 is 1.50 bits per heavy atom. The van der Waals surface area contributed by atoms with Gasteiger partial charge in [-0.2, -0.15) is 11.8 Å². The Hall–Kier alpha value is -0.740. The van der Waals surface area contributed by atoms with E-state index in [9.17, 15) is 4.39 Å². The van der Waals surface area contributed by atoms with Crippen molar-refractivity contribution in [2.24, 2.45) is 0 Å². The number of benzene rings is 1. The lowest BCUT2D eigenvalue weighted by atomic mass is 10.3. The second kappa shape index (κ2) is 5.06. The average Bonchev–Trinajstić information content (AvgIpc) is 2.63. The highest BCUT2D eigenvalue weighted by Crippen LogP contribution is 2.19. The van der Waals surface area contributed by atoms with E-state index in [2.05, 4.69) is 4.98 Å². The van der Waals surface area contributed by atoms with E-state index in [1.807, 2.05) is 10.8 Å². The third kappa shape index (κ3) is 2.18. The van der Waals surface area contributed by atoms with Gasteiger partial charge in [-0.25, -0.2) is 9.37 Å². The summed E-state index contributed by atoms with van der Waals surface area (Å²) in [7, 11) is 0. The zero-order chi connectivity index (χ0) is 11.5. The van der Waals surface area contributed by atoms with Crippen molar-refractivity contribution in [3.63, 3.8) is 0 Å². The summed E-state index contributed by atoms with van der Waals surface area (Å²) in [5.74, 6) is 1.88. The van der Waals surface area contributed by atoms with Gasteiger partial charge in [-0.3, -0.25) is 0 Å². The maximum Gasteiger partial charge on any atom is 0.125 e. The molecule has 0 aliphatic rings. The van der Waals surface area contributed by atoms with Gasteiger partial charge in [0.1, 0.15) is 11.6 Å². The van der Waals surface area contributed by atoms with Crippen molar-refractivity contribution in [1.82, 2.24) is 9.55 Å². The van der Waals surface area contributed by atoms with Crippen LogP contribution >= 0.6 is 23.4 Å². The predicted molar refractivity (Wildman–Crippen MR) is 67.6 cm³/mol. The summed E-state index contributed by atoms with van der Waals surface area (Å²) < 4.78 is 15.2. The Labute approximate surface area is 103 Å². The highest BCUT2D eigenvalue weighted by molar-refractivity contribution is 7.98. The highest BCUT2D eigenvalue weighted by Gasteiger charge is 2.09. The summed E-state index contributed by atoms with van der Waals surface area (Å²) in [6, 6.07) is 4.63. The molecule has 0 unspecified atom stereocenters. The molecule has 0 aliphatic carbocycles. The first kappa shape index (κ1) is 11.7. The summed E-state index contributed by atoms with van der Waals surface area (Å²) in [5.41, 5.74) is 1.63. The molecule has 0 fully saturated rings. The number of rotatable bonds is 4. The lowest BCUT2D eigenvalue weighted by Gasteiger charge is -2.05. The molecule has 2 nitrogen and oxygen atoms in total. The van der Waals surface area contributed by atoms with Crippen molar-refractivity contribution >= 4 is 34.4 Å². The summed E-state index contributed by atoms with van der Waals surface area (Å²) >= 11 is 7.58. The van der Waals surface area contributed by atoms with Crippen molar-refractivity contribution in [3.05, 3.63) is 29.8 Å². The smallest absolute Gasteiger partial charge is 0.125 e. The monoisotopic (exact) mass is 258 g/mol. The van der Waals surface area contributed by atoms with Gasteiger partial charge in [-0.15, -0.1) is 11.6 Å². The Morgan fingerprint density at radius 2 is 2.31 bits per heavy atom. The number of aryl methyl sites for hydroxylation is 1. The first-order valence-electron chi connectivity index (χ1n) is 4.96. The highest BCUT2D eigenvalue weighted by atomic mass is 35.5. The predicted octanol–water partition coefficient (Wildman–Crippen LogP) is 3.28. The fraction of sp³-hybridized carbons (Fsp3) is 0.364. The molecule has 0 radical (unpaired) electrons. The van der Waals surface area contributed by atoms with Gasteiger partial charge < -0.3 is 4.57 Å². The van der Waals surface area contributed by atoms with Gasteiger partial charge in [0.15, 0.2) is 0 Å². The van der Waals surface area contributed by atoms with E-state index in [4.69, 9.17) is 11.6 Å². The van der Waals surface area contributed by atoms with Crippen molar-refractivity contribution in [1.29, 1.82) is 0 Å². The molecule has 1 aromatic heterocycles. The fourth-order valence-corrected chi connectivity index (χ4v) is 2.25. The number of halogens is 2. The van der Waals surface area contributed by atoms with Crippen LogP contribution in [0.15, 0.2) is 18.2 Å². The molecule has 0 bridgehead atoms. The third-order valence-corrected chi connectivity index (χ3v) is 3.26. The molecule has 0 atom stereocenters. The molecule has 2 aromatic rings. The summed E-state index contributed by atoms with van der Waals surface area (Å²) in [5, 5.41) is 0. The largest absolute Gasteiger partial charge is 0.326 e. The van der Waals surface area contributed by atoms with Crippen LogP contribution in [-0.2, 0) is 12.4 Å². The van der Waals surface area contributed by atoms with Gasteiger partial charge in [-0.05, 0) is 24.5 Å². The van der Waals surface area contributed by atoms with Crippen LogP contribution in [0.5, 0.6) is 0 Å². The summed E-state index contributed by atoms with van der Waals surface area (Å²) in [4.78, 5) is 4.38. The first-order valence-corrected chi connectivity index (χ1v) is 6.88. The van der Waals surface area contributed by atoms with Crippen LogP contribution in [0.4, 0.5) is 4.39 Å². The Kier molecular flexibility index (Phi) is 3.71. The van der Waals surface area contributed by atoms with E-state index in [1.54, 1.807) is 17.8 Å². The molecule has 0 amide bonds. The molecule has 0 spiro atoms. The number of imidazole rings is 1. The Bertz CT molecular complexity index is 498. The molecule has 86 valence electrons. The maximum atomic E-state index is 13.2. The SMILES string of the molecule is CSCCn1c(CCl)nc2ccc(F)cc21. The minimum atomic E-state index is -0.237. The second-order valence-corrected chi connectivity index (χ2v) is 4.69. The first-order chi connectivity index (χ1) is 7.76. The van der Waals surface area contributed by atoms with E-state index in [0.717, 1.165) is 29.2 Å². The normalized spacial score (nSPS) is 11.2. The maximum absolute atomic E-state index is 13.2. The molecule has 2 rings (SSSR count). The van der Waals surface area contributed by atoms with E-state index in [0.29, 0.717) is 5.88 Å². The number of aromatic nitrogens is 2. The van der Waals surface area contributed by atoms with Crippen molar-refractivity contribution in [2.45, 2.75) is 12.4 Å². The van der Waals surface area contributed by atoms with Gasteiger partial charge in [-0.1, -0.05) is 0 Å². The van der Waals surface area contributed by atoms with Gasteiger partial charge in [0.05, 0.1) is 16.9 Å². The Balaban J connectivity index is 2.52. The number of hydrogen-bond donors (Lipinski definition) is 0. The molecule has 0 N–H and O–H groups in total. The van der Waals surface area contributed by atoms with Gasteiger partial charge >= 0.3 is 0 Å². The molecule has 1 heterocycles. The molecular formula is C11H12ClFN2S. The second-order valence-electron chi connectivity index (χ2n) is 3.44. The molecule has 0 saturated carbocycles. The molecule has 16 heavy (non-hydrogen) atoms. The average molecular weight is 259 g/mol. The molecule has 0 aliphatic heterocycles. The topological polar surface area (TPSA) is 17.8 Å². The van der Waals surface area contributed by atoms with E-state index in [1.165, 1.54) is 12.1 Å². The van der Waals surface area contributed by atoms with Crippen LogP contribution in [0.3, 0.4) is 0 Å². The Morgan fingerprint density at radius 3 is 3.00 bits per heavy atom. The molecule has 1 aromatic carbocycles. The number of fused-ring (bicyclic) bond motifs is 1. The summed E-state index contributed by atoms with van der Waals surface area (Å²) in [6.45, 7) is 0.809. The van der Waals surface area contributed by atoms with E-state index in [-0.39, 0.29) is 5.82 Å². The van der Waals surface area contributed by atoms with Crippen molar-refractivity contribution in [2.75, 3.05) is 12.0 Å². The number of thioether (sulfide) groups is 1. The van der Waals surface area contributed by atoms with Crippen LogP contribution in [-0.4, -0.2) is 21.6 Å². The fourth-order valence-electron chi connectivity index (χ4n) is 1.68. The zero-order valence-electron chi connectivity index (χ0n) is 8.91. The van der Waals surface area contributed by atoms with Crippen molar-refractivity contribution < 1.29 is 4.39 Å². The molecule has 0 saturated heterocycles. The van der Waals surface area contributed by atoms with E-state index >= 15 is 0 Å². The number of alkyl halides is 1. The summed E-state index contributed by atoms with van der Waals surface area (Å²) in [6.07, 6.45) is 2.04. The lowest BCUT2D eigenvalue weighted by Crippen LogP contribution is -2.04. The molecular weight excluding hydrogens is 247 g/mol. The van der Waals surface area contributed by atoms with Crippen LogP contribution in [0.1, 0.15) is 5.82 Å². The zero-order valence-corrected chi connectivity index (χ0v) is 10.5. The van der Waals surface area contributed by atoms with Crippen molar-refractivity contribution in [3.8, 4) is 0 Å². The van der Waals surface area contributed by atoms with Gasteiger partial charge in [0.2, 0.25) is 0 Å². The van der Waals surface area contributed by atoms with Crippen LogP contribution < -0.4 is 0 Å². The number of nitrogens with zero attached hydrogens (tertiary/aromatic N) is 2. The lowest BCUT2D eigenvalue weighted by molar-refractivity contribution is 0.628. The minimum Gasteiger partial charge on any atom is -0.326 e. The van der Waals surface area contributed by atoms with Crippen LogP contribution in [0.2, 0.25) is 0 Å². The van der Waals surface area contributed by atoms with E-state index < -0.39 is 0 Å². The van der Waals surface area contributed by atoms with Crippen LogP contribution in [0.25, 0.3) is 11.0 Å². The third-order valence-electron chi connectivity index (χ3n) is 2.43. The quantitative estimate of drug-likeness (QED) is 0.784. The van der Waals surface area contributed by atoms with Gasteiger partial charge in [0.25, 0.3) is 0 Å². The molecule has 5 heteroatoms. The number of hydrogen-bond acceptors (Lipinski definition) is 2. The van der Waals surface area contributed by atoms with Gasteiger partial charge in [0, 0.05) is 12.3 Å². The minimum absolute atomic E-state index is 0.237. The van der Waals surface area contributed by atoms with Crippen LogP contribution in [0, 0.1) is 5.82 Å².